The molecule has 2 atom stereocenters. The summed E-state index contributed by atoms with van der Waals surface area (Å²) in [6, 6.07) is 2.93. The molecule has 0 spiro atoms. The summed E-state index contributed by atoms with van der Waals surface area (Å²) in [5.74, 6) is -0.511. The number of benzene rings is 1. The van der Waals surface area contributed by atoms with Crippen LogP contribution in [0.5, 0.6) is 0 Å². The van der Waals surface area contributed by atoms with Crippen molar-refractivity contribution in [2.45, 2.75) is 42.7 Å². The van der Waals surface area contributed by atoms with Gasteiger partial charge >= 0.3 is 0 Å². The first-order valence-electron chi connectivity index (χ1n) is 6.05. The first kappa shape index (κ1) is 14.9. The van der Waals surface area contributed by atoms with E-state index in [1.54, 1.807) is 0 Å². The highest BCUT2D eigenvalue weighted by Gasteiger charge is 2.29. The first-order valence-corrected chi connectivity index (χ1v) is 8.33. The Morgan fingerprint density at radius 1 is 1.32 bits per heavy atom. The van der Waals surface area contributed by atoms with E-state index in [0.29, 0.717) is 12.8 Å². The Hall–Kier alpha value is -0.500. The van der Waals surface area contributed by atoms with E-state index in [4.69, 9.17) is 0 Å². The molecule has 0 saturated heterocycles. The van der Waals surface area contributed by atoms with E-state index in [1.807, 2.05) is 0 Å². The van der Waals surface area contributed by atoms with Crippen LogP contribution < -0.4 is 4.72 Å². The third-order valence-electron chi connectivity index (χ3n) is 3.22. The number of rotatable bonds is 3. The summed E-state index contributed by atoms with van der Waals surface area (Å²) in [5.41, 5.74) is 0. The lowest BCUT2D eigenvalue weighted by Gasteiger charge is -2.28. The second-order valence-electron chi connectivity index (χ2n) is 4.65. The van der Waals surface area contributed by atoms with Gasteiger partial charge in [0.15, 0.2) is 0 Å². The molecule has 106 valence electrons. The number of aliphatic hydroxyl groups is 1. The summed E-state index contributed by atoms with van der Waals surface area (Å²) in [7, 11) is -3.76. The van der Waals surface area contributed by atoms with E-state index in [2.05, 4.69) is 20.7 Å². The third-order valence-corrected chi connectivity index (χ3v) is 5.69. The van der Waals surface area contributed by atoms with E-state index < -0.39 is 28.0 Å². The Labute approximate surface area is 120 Å². The summed E-state index contributed by atoms with van der Waals surface area (Å²) < 4.78 is 40.0. The van der Waals surface area contributed by atoms with Gasteiger partial charge in [0.05, 0.1) is 11.0 Å². The number of halogens is 2. The monoisotopic (exact) mass is 351 g/mol. The first-order chi connectivity index (χ1) is 8.90. The maximum absolute atomic E-state index is 13.0. The largest absolute Gasteiger partial charge is 0.391 e. The zero-order valence-corrected chi connectivity index (χ0v) is 12.5. The standard InChI is InChI=1S/C12H15BrFNO3S/c13-9-7-8(14)5-6-12(9)19(17,18)15-10-3-1-2-4-11(10)16/h5-7,10-11,15-16H,1-4H2/t10-,11-/m0/s1. The molecular weight excluding hydrogens is 337 g/mol. The van der Waals surface area contributed by atoms with Crippen molar-refractivity contribution in [3.63, 3.8) is 0 Å². The van der Waals surface area contributed by atoms with Gasteiger partial charge in [-0.2, -0.15) is 0 Å². The molecule has 7 heteroatoms. The van der Waals surface area contributed by atoms with Gasteiger partial charge in [-0.25, -0.2) is 17.5 Å². The second kappa shape index (κ2) is 5.87. The van der Waals surface area contributed by atoms with Gasteiger partial charge in [-0.05, 0) is 47.0 Å². The molecule has 0 amide bonds. The molecular formula is C12H15BrFNO3S. The number of sulfonamides is 1. The predicted octanol–water partition coefficient (Wildman–Crippen LogP) is 2.17. The normalized spacial score (nSPS) is 24.4. The van der Waals surface area contributed by atoms with Crippen LogP contribution in [0, 0.1) is 5.82 Å². The molecule has 1 aliphatic carbocycles. The fraction of sp³-hybridized carbons (Fsp3) is 0.500. The van der Waals surface area contributed by atoms with Crippen LogP contribution in [0.4, 0.5) is 4.39 Å². The highest BCUT2D eigenvalue weighted by molar-refractivity contribution is 9.10. The minimum Gasteiger partial charge on any atom is -0.391 e. The summed E-state index contributed by atoms with van der Waals surface area (Å²) in [4.78, 5) is -0.0216. The van der Waals surface area contributed by atoms with Gasteiger partial charge in [-0.15, -0.1) is 0 Å². The number of hydrogen-bond donors (Lipinski definition) is 2. The minimum atomic E-state index is -3.76. The molecule has 4 nitrogen and oxygen atoms in total. The van der Waals surface area contributed by atoms with Gasteiger partial charge in [-0.1, -0.05) is 12.8 Å². The SMILES string of the molecule is O=S(=O)(N[C@H]1CCCC[C@@H]1O)c1ccc(F)cc1Br. The Balaban J connectivity index is 2.22. The van der Waals surface area contributed by atoms with Gasteiger partial charge < -0.3 is 5.11 Å². The van der Waals surface area contributed by atoms with E-state index in [9.17, 15) is 17.9 Å². The van der Waals surface area contributed by atoms with Crippen LogP contribution in [0.25, 0.3) is 0 Å². The highest BCUT2D eigenvalue weighted by Crippen LogP contribution is 2.25. The molecule has 19 heavy (non-hydrogen) atoms. The fourth-order valence-corrected chi connectivity index (χ4v) is 4.56. The molecule has 2 N–H and O–H groups in total. The maximum Gasteiger partial charge on any atom is 0.242 e. The van der Waals surface area contributed by atoms with Crippen molar-refractivity contribution in [1.29, 1.82) is 0 Å². The average molecular weight is 352 g/mol. The smallest absolute Gasteiger partial charge is 0.242 e. The molecule has 2 rings (SSSR count). The molecule has 0 aliphatic heterocycles. The summed E-state index contributed by atoms with van der Waals surface area (Å²) >= 11 is 3.04. The van der Waals surface area contributed by atoms with Gasteiger partial charge in [0.2, 0.25) is 10.0 Å². The maximum atomic E-state index is 13.0. The number of aliphatic hydroxyl groups excluding tert-OH is 1. The van der Waals surface area contributed by atoms with Crippen LogP contribution in [0.3, 0.4) is 0 Å². The molecule has 1 aliphatic rings. The van der Waals surface area contributed by atoms with Gasteiger partial charge in [0.25, 0.3) is 0 Å². The summed E-state index contributed by atoms with van der Waals surface area (Å²) in [6.45, 7) is 0. The molecule has 1 fully saturated rings. The van der Waals surface area contributed by atoms with Crippen molar-refractivity contribution < 1.29 is 17.9 Å². The van der Waals surface area contributed by atoms with E-state index in [1.165, 1.54) is 6.07 Å². The van der Waals surface area contributed by atoms with E-state index in [0.717, 1.165) is 25.0 Å². The lowest BCUT2D eigenvalue weighted by molar-refractivity contribution is 0.101. The topological polar surface area (TPSA) is 66.4 Å². The van der Waals surface area contributed by atoms with Crippen LogP contribution in [-0.4, -0.2) is 25.7 Å². The average Bonchev–Trinajstić information content (AvgIpc) is 2.31. The molecule has 1 aromatic carbocycles. The Morgan fingerprint density at radius 3 is 2.63 bits per heavy atom. The molecule has 1 saturated carbocycles. The van der Waals surface area contributed by atoms with Crippen molar-refractivity contribution in [3.05, 3.63) is 28.5 Å². The zero-order valence-electron chi connectivity index (χ0n) is 10.1. The summed E-state index contributed by atoms with van der Waals surface area (Å²) in [6.07, 6.45) is 2.33. The van der Waals surface area contributed by atoms with Gasteiger partial charge in [-0.3, -0.25) is 0 Å². The number of nitrogens with one attached hydrogen (secondary N) is 1. The van der Waals surface area contributed by atoms with Crippen molar-refractivity contribution in [1.82, 2.24) is 4.72 Å². The zero-order chi connectivity index (χ0) is 14.0. The van der Waals surface area contributed by atoms with E-state index >= 15 is 0 Å². The number of hydrogen-bond acceptors (Lipinski definition) is 3. The van der Waals surface area contributed by atoms with Crippen LogP contribution in [-0.2, 0) is 10.0 Å². The van der Waals surface area contributed by atoms with Crippen LogP contribution >= 0.6 is 15.9 Å². The Bertz CT molecular complexity index is 564. The second-order valence-corrected chi connectivity index (χ2v) is 7.19. The van der Waals surface area contributed by atoms with Crippen LogP contribution in [0.15, 0.2) is 27.6 Å². The molecule has 0 heterocycles. The third kappa shape index (κ3) is 3.53. The van der Waals surface area contributed by atoms with Crippen molar-refractivity contribution in [2.24, 2.45) is 0 Å². The Kier molecular flexibility index (Phi) is 4.60. The van der Waals surface area contributed by atoms with Crippen LogP contribution in [0.1, 0.15) is 25.7 Å². The van der Waals surface area contributed by atoms with Crippen molar-refractivity contribution in [3.8, 4) is 0 Å². The molecule has 0 radical (unpaired) electrons. The minimum absolute atomic E-state index is 0.0216. The van der Waals surface area contributed by atoms with Crippen molar-refractivity contribution >= 4 is 26.0 Å². The Morgan fingerprint density at radius 2 is 2.00 bits per heavy atom. The highest BCUT2D eigenvalue weighted by atomic mass is 79.9. The van der Waals surface area contributed by atoms with Crippen molar-refractivity contribution in [2.75, 3.05) is 0 Å². The lowest BCUT2D eigenvalue weighted by Crippen LogP contribution is -2.45. The lowest BCUT2D eigenvalue weighted by atomic mass is 9.93. The molecule has 0 bridgehead atoms. The predicted molar refractivity (Wildman–Crippen MR) is 72.7 cm³/mol. The van der Waals surface area contributed by atoms with Gasteiger partial charge in [0.1, 0.15) is 5.82 Å². The van der Waals surface area contributed by atoms with Crippen LogP contribution in [0.2, 0.25) is 0 Å². The fourth-order valence-electron chi connectivity index (χ4n) is 2.20. The summed E-state index contributed by atoms with van der Waals surface area (Å²) in [5, 5.41) is 9.79. The van der Waals surface area contributed by atoms with E-state index in [-0.39, 0.29) is 9.37 Å². The molecule has 0 unspecified atom stereocenters. The van der Waals surface area contributed by atoms with Gasteiger partial charge in [0, 0.05) is 10.5 Å². The molecule has 0 aromatic heterocycles. The molecule has 1 aromatic rings. The quantitative estimate of drug-likeness (QED) is 0.876.